The number of amides is 1. The molecule has 0 spiro atoms. The Morgan fingerprint density at radius 1 is 0.971 bits per heavy atom. The van der Waals surface area contributed by atoms with Gasteiger partial charge < -0.3 is 18.8 Å². The van der Waals surface area contributed by atoms with Gasteiger partial charge in [0.25, 0.3) is 5.91 Å². The summed E-state index contributed by atoms with van der Waals surface area (Å²) in [6.45, 7) is 4.65. The summed E-state index contributed by atoms with van der Waals surface area (Å²) in [6.07, 6.45) is 0. The van der Waals surface area contributed by atoms with Crippen molar-refractivity contribution in [1.29, 1.82) is 0 Å². The molecule has 34 heavy (non-hydrogen) atoms. The van der Waals surface area contributed by atoms with Crippen LogP contribution in [0.25, 0.3) is 11.0 Å². The molecule has 1 amide bonds. The Balaban J connectivity index is 1.72. The Morgan fingerprint density at radius 3 is 2.50 bits per heavy atom. The molecule has 172 valence electrons. The van der Waals surface area contributed by atoms with Gasteiger partial charge in [-0.05, 0) is 49.2 Å². The lowest BCUT2D eigenvalue weighted by atomic mass is 9.97. The highest BCUT2D eigenvalue weighted by Crippen LogP contribution is 2.41. The lowest BCUT2D eigenvalue weighted by Gasteiger charge is -2.26. The number of nitrogens with zero attached hydrogens (tertiary/aromatic N) is 1. The molecule has 0 radical (unpaired) electrons. The van der Waals surface area contributed by atoms with Crippen LogP contribution >= 0.6 is 0 Å². The minimum Gasteiger partial charge on any atom is -0.493 e. The highest BCUT2D eigenvalue weighted by molar-refractivity contribution is 5.99. The molecule has 3 aromatic carbocycles. The molecule has 1 aliphatic heterocycles. The normalized spacial score (nSPS) is 15.0. The van der Waals surface area contributed by atoms with Crippen molar-refractivity contribution < 1.29 is 18.7 Å². The summed E-state index contributed by atoms with van der Waals surface area (Å²) in [5.74, 6) is 0.932. The third kappa shape index (κ3) is 3.61. The number of fused-ring (bicyclic) bond motifs is 2. The Kier molecular flexibility index (Phi) is 5.57. The molecule has 0 N–H and O–H groups in total. The van der Waals surface area contributed by atoms with Crippen LogP contribution in [-0.2, 0) is 6.54 Å². The van der Waals surface area contributed by atoms with Crippen molar-refractivity contribution >= 4 is 16.9 Å². The van der Waals surface area contributed by atoms with E-state index in [1.165, 1.54) is 0 Å². The zero-order valence-corrected chi connectivity index (χ0v) is 19.3. The average Bonchev–Trinajstić information content (AvgIpc) is 3.12. The first-order valence-corrected chi connectivity index (χ1v) is 11.2. The van der Waals surface area contributed by atoms with Gasteiger partial charge in [-0.3, -0.25) is 9.59 Å². The quantitative estimate of drug-likeness (QED) is 0.397. The number of carbonyl (C=O) groups is 1. The van der Waals surface area contributed by atoms with E-state index in [-0.39, 0.29) is 17.1 Å². The fraction of sp³-hybridized carbons (Fsp3) is 0.214. The van der Waals surface area contributed by atoms with Gasteiger partial charge in [-0.15, -0.1) is 0 Å². The molecule has 0 fully saturated rings. The maximum absolute atomic E-state index is 13.7. The summed E-state index contributed by atoms with van der Waals surface area (Å²) in [5, 5.41) is 0.469. The number of rotatable bonds is 6. The largest absolute Gasteiger partial charge is 0.493 e. The predicted octanol–water partition coefficient (Wildman–Crippen LogP) is 5.25. The van der Waals surface area contributed by atoms with Gasteiger partial charge in [0.15, 0.2) is 16.9 Å². The van der Waals surface area contributed by atoms with Gasteiger partial charge in [-0.25, -0.2) is 0 Å². The molecule has 1 aliphatic rings. The second kappa shape index (κ2) is 8.71. The van der Waals surface area contributed by atoms with E-state index in [1.807, 2.05) is 74.5 Å². The van der Waals surface area contributed by atoms with Crippen LogP contribution < -0.4 is 14.9 Å². The lowest BCUT2D eigenvalue weighted by Crippen LogP contribution is -2.29. The van der Waals surface area contributed by atoms with Crippen LogP contribution in [0.5, 0.6) is 11.5 Å². The minimum absolute atomic E-state index is 0.0927. The molecular weight excluding hydrogens is 430 g/mol. The van der Waals surface area contributed by atoms with Gasteiger partial charge in [-0.2, -0.15) is 0 Å². The zero-order valence-electron chi connectivity index (χ0n) is 19.3. The van der Waals surface area contributed by atoms with E-state index in [1.54, 1.807) is 18.1 Å². The Labute approximate surface area is 197 Å². The summed E-state index contributed by atoms with van der Waals surface area (Å²) in [6, 6.07) is 20.0. The fourth-order valence-corrected chi connectivity index (χ4v) is 4.55. The lowest BCUT2D eigenvalue weighted by molar-refractivity contribution is 0.0714. The predicted molar refractivity (Wildman–Crippen MR) is 130 cm³/mol. The highest BCUT2D eigenvalue weighted by atomic mass is 16.5. The van der Waals surface area contributed by atoms with E-state index in [0.717, 1.165) is 16.7 Å². The Hall–Kier alpha value is -4.06. The first-order valence-electron chi connectivity index (χ1n) is 11.2. The van der Waals surface area contributed by atoms with E-state index in [4.69, 9.17) is 13.9 Å². The van der Waals surface area contributed by atoms with Crippen LogP contribution in [0.3, 0.4) is 0 Å². The Bertz CT molecular complexity index is 1440. The molecule has 0 bridgehead atoms. The second-order valence-corrected chi connectivity index (χ2v) is 8.34. The molecule has 2 heterocycles. The molecule has 6 heteroatoms. The van der Waals surface area contributed by atoms with Crippen molar-refractivity contribution in [3.63, 3.8) is 0 Å². The second-order valence-electron chi connectivity index (χ2n) is 8.34. The zero-order chi connectivity index (χ0) is 23.8. The first-order chi connectivity index (χ1) is 16.5. The van der Waals surface area contributed by atoms with Crippen molar-refractivity contribution in [2.24, 2.45) is 0 Å². The summed E-state index contributed by atoms with van der Waals surface area (Å²) in [5.41, 5.74) is 3.23. The SMILES string of the molecule is CCOc1ccc(C2c3c(oc4ccc(C)cc4c3=O)C(=O)N2Cc2ccccc2)cc1OC. The smallest absolute Gasteiger partial charge is 0.291 e. The van der Waals surface area contributed by atoms with E-state index in [9.17, 15) is 9.59 Å². The third-order valence-electron chi connectivity index (χ3n) is 6.12. The minimum atomic E-state index is -0.617. The molecule has 4 aromatic rings. The van der Waals surface area contributed by atoms with E-state index >= 15 is 0 Å². The van der Waals surface area contributed by atoms with Gasteiger partial charge in [0.1, 0.15) is 5.58 Å². The summed E-state index contributed by atoms with van der Waals surface area (Å²) in [4.78, 5) is 29.0. The van der Waals surface area contributed by atoms with Crippen LogP contribution in [0.1, 0.15) is 45.8 Å². The van der Waals surface area contributed by atoms with Crippen LogP contribution in [-0.4, -0.2) is 24.5 Å². The van der Waals surface area contributed by atoms with Crippen molar-refractivity contribution in [2.75, 3.05) is 13.7 Å². The van der Waals surface area contributed by atoms with Crippen LogP contribution in [0.2, 0.25) is 0 Å². The molecular formula is C28H25NO5. The van der Waals surface area contributed by atoms with Gasteiger partial charge in [0.2, 0.25) is 5.76 Å². The fourth-order valence-electron chi connectivity index (χ4n) is 4.55. The molecule has 5 rings (SSSR count). The molecule has 6 nitrogen and oxygen atoms in total. The topological polar surface area (TPSA) is 69.0 Å². The highest BCUT2D eigenvalue weighted by Gasteiger charge is 2.43. The molecule has 1 aromatic heterocycles. The number of carbonyl (C=O) groups excluding carboxylic acids is 1. The Morgan fingerprint density at radius 2 is 1.76 bits per heavy atom. The van der Waals surface area contributed by atoms with Gasteiger partial charge in [0, 0.05) is 6.54 Å². The molecule has 0 aliphatic carbocycles. The van der Waals surface area contributed by atoms with Crippen molar-refractivity contribution in [3.05, 3.63) is 105 Å². The summed E-state index contributed by atoms with van der Waals surface area (Å²) >= 11 is 0. The summed E-state index contributed by atoms with van der Waals surface area (Å²) in [7, 11) is 1.57. The molecule has 0 saturated carbocycles. The van der Waals surface area contributed by atoms with E-state index in [2.05, 4.69) is 0 Å². The van der Waals surface area contributed by atoms with Gasteiger partial charge >= 0.3 is 0 Å². The summed E-state index contributed by atoms with van der Waals surface area (Å²) < 4.78 is 17.3. The van der Waals surface area contributed by atoms with E-state index in [0.29, 0.717) is 41.2 Å². The van der Waals surface area contributed by atoms with E-state index < -0.39 is 6.04 Å². The maximum Gasteiger partial charge on any atom is 0.291 e. The molecule has 0 saturated heterocycles. The third-order valence-corrected chi connectivity index (χ3v) is 6.12. The molecule has 1 atom stereocenters. The average molecular weight is 456 g/mol. The number of hydrogen-bond donors (Lipinski definition) is 0. The van der Waals surface area contributed by atoms with Crippen molar-refractivity contribution in [2.45, 2.75) is 26.4 Å². The van der Waals surface area contributed by atoms with Crippen LogP contribution in [0, 0.1) is 6.92 Å². The first kappa shape index (κ1) is 21.8. The number of aryl methyl sites for hydroxylation is 1. The molecule has 1 unspecified atom stereocenters. The van der Waals surface area contributed by atoms with Gasteiger partial charge in [-0.1, -0.05) is 48.0 Å². The van der Waals surface area contributed by atoms with Crippen molar-refractivity contribution in [3.8, 4) is 11.5 Å². The monoisotopic (exact) mass is 455 g/mol. The van der Waals surface area contributed by atoms with Crippen LogP contribution in [0.15, 0.2) is 75.9 Å². The number of methoxy groups -OCH3 is 1. The van der Waals surface area contributed by atoms with Gasteiger partial charge in [0.05, 0.1) is 30.7 Å². The standard InChI is InChI=1S/C28H25NO5/c1-4-33-22-13-11-19(15-23(22)32-3)25-24-26(30)20-14-17(2)10-12-21(20)34-27(24)28(31)29(25)16-18-8-6-5-7-9-18/h5-15,25H,4,16H2,1-3H3. The maximum atomic E-state index is 13.7. The number of benzene rings is 3. The van der Waals surface area contributed by atoms with Crippen molar-refractivity contribution in [1.82, 2.24) is 4.90 Å². The number of ether oxygens (including phenoxy) is 2. The van der Waals surface area contributed by atoms with Crippen LogP contribution in [0.4, 0.5) is 0 Å². The number of hydrogen-bond acceptors (Lipinski definition) is 5.